The first-order valence-corrected chi connectivity index (χ1v) is 7.28. The van der Waals surface area contributed by atoms with Crippen molar-refractivity contribution < 1.29 is 19.4 Å². The summed E-state index contributed by atoms with van der Waals surface area (Å²) >= 11 is 0. The van der Waals surface area contributed by atoms with Crippen LogP contribution in [0.25, 0.3) is 0 Å². The molecule has 1 atom stereocenters. The minimum Gasteiger partial charge on any atom is -0.459 e. The Labute approximate surface area is 136 Å². The average Bonchev–Trinajstić information content (AvgIpc) is 2.62. The highest BCUT2D eigenvalue weighted by molar-refractivity contribution is 5.77. The average molecular weight is 312 g/mol. The Hall–Kier alpha value is -2.43. The van der Waals surface area contributed by atoms with E-state index in [1.165, 1.54) is 13.2 Å². The number of aliphatic hydroxyl groups is 1. The van der Waals surface area contributed by atoms with Crippen LogP contribution in [0.3, 0.4) is 0 Å². The van der Waals surface area contributed by atoms with Gasteiger partial charge in [-0.15, -0.1) is 0 Å². The molecule has 0 fully saturated rings. The number of methoxy groups -OCH3 is 1. The molecule has 0 saturated heterocycles. The van der Waals surface area contributed by atoms with Gasteiger partial charge in [-0.05, 0) is 11.1 Å². The zero-order chi connectivity index (χ0) is 16.7. The van der Waals surface area contributed by atoms with Crippen LogP contribution in [0, 0.1) is 0 Å². The van der Waals surface area contributed by atoms with Gasteiger partial charge in [0.15, 0.2) is 11.7 Å². The van der Waals surface area contributed by atoms with Gasteiger partial charge < -0.3 is 14.6 Å². The lowest BCUT2D eigenvalue weighted by Crippen LogP contribution is -2.47. The second-order valence-electron chi connectivity index (χ2n) is 4.99. The lowest BCUT2D eigenvalue weighted by atomic mass is 9.81. The number of carbonyl (C=O) groups is 1. The van der Waals surface area contributed by atoms with Crippen molar-refractivity contribution in [1.82, 2.24) is 0 Å². The van der Waals surface area contributed by atoms with E-state index in [0.29, 0.717) is 11.1 Å². The maximum Gasteiger partial charge on any atom is 0.339 e. The first-order chi connectivity index (χ1) is 11.2. The third kappa shape index (κ3) is 3.33. The van der Waals surface area contributed by atoms with E-state index in [1.54, 1.807) is 24.3 Å². The van der Waals surface area contributed by atoms with Crippen LogP contribution in [-0.4, -0.2) is 30.9 Å². The number of rotatable bonds is 7. The molecule has 2 rings (SSSR count). The Bertz CT molecular complexity index is 597. The molecule has 0 saturated carbocycles. The van der Waals surface area contributed by atoms with Crippen LogP contribution in [0.4, 0.5) is 0 Å². The second-order valence-corrected chi connectivity index (χ2v) is 4.99. The van der Waals surface area contributed by atoms with Crippen molar-refractivity contribution in [3.8, 4) is 0 Å². The van der Waals surface area contributed by atoms with Gasteiger partial charge in [-0.1, -0.05) is 73.3 Å². The first-order valence-electron chi connectivity index (χ1n) is 7.28. The highest BCUT2D eigenvalue weighted by Crippen LogP contribution is 2.37. The van der Waals surface area contributed by atoms with Gasteiger partial charge in [0.05, 0.1) is 0 Å². The molecule has 4 nitrogen and oxygen atoms in total. The number of carbonyl (C=O) groups excluding carboxylic acids is 1. The Morgan fingerprint density at radius 2 is 1.61 bits per heavy atom. The summed E-state index contributed by atoms with van der Waals surface area (Å²) in [6.07, 6.45) is -0.0679. The number of hydrogen-bond donors (Lipinski definition) is 1. The molecule has 4 heteroatoms. The molecule has 1 N–H and O–H groups in total. The van der Waals surface area contributed by atoms with Crippen molar-refractivity contribution in [1.29, 1.82) is 0 Å². The molecule has 0 aromatic heterocycles. The summed E-state index contributed by atoms with van der Waals surface area (Å²) in [7, 11) is 1.46. The molecule has 0 amide bonds. The highest BCUT2D eigenvalue weighted by atomic mass is 16.6. The van der Waals surface area contributed by atoms with Crippen LogP contribution >= 0.6 is 0 Å². The first kappa shape index (κ1) is 16.9. The Morgan fingerprint density at radius 1 is 1.13 bits per heavy atom. The fourth-order valence-corrected chi connectivity index (χ4v) is 2.59. The molecule has 0 aliphatic rings. The monoisotopic (exact) mass is 312 g/mol. The van der Waals surface area contributed by atoms with Crippen LogP contribution in [0.15, 0.2) is 73.3 Å². The van der Waals surface area contributed by atoms with E-state index < -0.39 is 17.7 Å². The van der Waals surface area contributed by atoms with Gasteiger partial charge in [-0.2, -0.15) is 0 Å². The van der Waals surface area contributed by atoms with E-state index in [1.807, 2.05) is 36.4 Å². The zero-order valence-electron chi connectivity index (χ0n) is 13.0. The van der Waals surface area contributed by atoms with Crippen molar-refractivity contribution in [2.75, 3.05) is 13.7 Å². The summed E-state index contributed by atoms with van der Waals surface area (Å²) in [4.78, 5) is 12.3. The molecule has 23 heavy (non-hydrogen) atoms. The van der Waals surface area contributed by atoms with Gasteiger partial charge >= 0.3 is 5.97 Å². The minimum atomic E-state index is -1.52. The fourth-order valence-electron chi connectivity index (χ4n) is 2.59. The van der Waals surface area contributed by atoms with Crippen LogP contribution < -0.4 is 0 Å². The number of esters is 1. The van der Waals surface area contributed by atoms with Crippen molar-refractivity contribution >= 4 is 5.97 Å². The normalized spacial score (nSPS) is 12.4. The number of ether oxygens (including phenoxy) is 2. The summed E-state index contributed by atoms with van der Waals surface area (Å²) in [6.45, 7) is 3.53. The van der Waals surface area contributed by atoms with Crippen LogP contribution in [-0.2, 0) is 19.9 Å². The molecule has 0 heterocycles. The van der Waals surface area contributed by atoms with E-state index in [2.05, 4.69) is 6.58 Å². The van der Waals surface area contributed by atoms with Gasteiger partial charge in [-0.25, -0.2) is 4.79 Å². The van der Waals surface area contributed by atoms with E-state index in [0.717, 1.165) is 0 Å². The van der Waals surface area contributed by atoms with Gasteiger partial charge in [0, 0.05) is 7.11 Å². The Balaban J connectivity index is 2.55. The van der Waals surface area contributed by atoms with Crippen molar-refractivity contribution in [3.05, 3.63) is 84.4 Å². The van der Waals surface area contributed by atoms with E-state index in [9.17, 15) is 9.90 Å². The standard InChI is InChI=1S/C19H20O4/c1-3-14-23-18(21)17(20)19(22-2,15-10-6-4-7-11-15)16-12-8-5-9-13-16/h3-13,17,20H,1,14H2,2H3. The van der Waals surface area contributed by atoms with E-state index >= 15 is 0 Å². The molecule has 2 aromatic rings. The fraction of sp³-hybridized carbons (Fsp3) is 0.211. The molecule has 0 radical (unpaired) electrons. The molecule has 0 bridgehead atoms. The molecule has 0 aliphatic carbocycles. The molecule has 1 unspecified atom stereocenters. The maximum absolute atomic E-state index is 12.3. The second kappa shape index (κ2) is 7.72. The maximum atomic E-state index is 12.3. The minimum absolute atomic E-state index is 0.0271. The Kier molecular flexibility index (Phi) is 5.68. The van der Waals surface area contributed by atoms with Gasteiger partial charge in [0.2, 0.25) is 0 Å². The van der Waals surface area contributed by atoms with Crippen molar-refractivity contribution in [2.24, 2.45) is 0 Å². The summed E-state index contributed by atoms with van der Waals surface area (Å²) < 4.78 is 10.7. The summed E-state index contributed by atoms with van der Waals surface area (Å²) in [5.74, 6) is -0.764. The highest BCUT2D eigenvalue weighted by Gasteiger charge is 2.46. The topological polar surface area (TPSA) is 55.8 Å². The SMILES string of the molecule is C=CCOC(=O)C(O)C(OC)(c1ccccc1)c1ccccc1. The van der Waals surface area contributed by atoms with E-state index in [-0.39, 0.29) is 6.61 Å². The predicted molar refractivity (Wildman–Crippen MR) is 87.8 cm³/mol. The Morgan fingerprint density at radius 3 is 2.00 bits per heavy atom. The lowest BCUT2D eigenvalue weighted by Gasteiger charge is -2.36. The molecule has 0 aliphatic heterocycles. The summed E-state index contributed by atoms with van der Waals surface area (Å²) in [5, 5.41) is 10.7. The lowest BCUT2D eigenvalue weighted by molar-refractivity contribution is -0.168. The van der Waals surface area contributed by atoms with Crippen LogP contribution in [0.5, 0.6) is 0 Å². The molecular formula is C19H20O4. The molecular weight excluding hydrogens is 292 g/mol. The largest absolute Gasteiger partial charge is 0.459 e. The molecule has 2 aromatic carbocycles. The van der Waals surface area contributed by atoms with Crippen LogP contribution in [0.2, 0.25) is 0 Å². The smallest absolute Gasteiger partial charge is 0.339 e. The zero-order valence-corrected chi connectivity index (χ0v) is 13.0. The number of benzene rings is 2. The van der Waals surface area contributed by atoms with Crippen LogP contribution in [0.1, 0.15) is 11.1 Å². The molecule has 0 spiro atoms. The predicted octanol–water partition coefficient (Wildman–Crippen LogP) is 2.67. The quantitative estimate of drug-likeness (QED) is 0.631. The van der Waals surface area contributed by atoms with Gasteiger partial charge in [0.25, 0.3) is 0 Å². The third-order valence-corrected chi connectivity index (χ3v) is 3.68. The van der Waals surface area contributed by atoms with Gasteiger partial charge in [-0.3, -0.25) is 0 Å². The van der Waals surface area contributed by atoms with Crippen molar-refractivity contribution in [3.63, 3.8) is 0 Å². The third-order valence-electron chi connectivity index (χ3n) is 3.68. The number of aliphatic hydroxyl groups excluding tert-OH is 1. The summed E-state index contributed by atoms with van der Waals surface area (Å²) in [5.41, 5.74) is -0.0191. The van der Waals surface area contributed by atoms with E-state index in [4.69, 9.17) is 9.47 Å². The van der Waals surface area contributed by atoms with Crippen molar-refractivity contribution in [2.45, 2.75) is 11.7 Å². The summed E-state index contributed by atoms with van der Waals surface area (Å²) in [6, 6.07) is 18.3. The molecule has 120 valence electrons. The van der Waals surface area contributed by atoms with Gasteiger partial charge in [0.1, 0.15) is 6.61 Å². The number of hydrogen-bond acceptors (Lipinski definition) is 4.